The number of halogens is 3. The number of amides is 1. The number of hydrogen-bond donors (Lipinski definition) is 3. The molecule has 4 N–H and O–H groups in total. The van der Waals surface area contributed by atoms with Crippen LogP contribution in [0.1, 0.15) is 12.5 Å². The van der Waals surface area contributed by atoms with Gasteiger partial charge in [0.25, 0.3) is 5.65 Å². The van der Waals surface area contributed by atoms with Crippen molar-refractivity contribution in [2.75, 3.05) is 11.1 Å². The molecule has 3 rings (SSSR count). The predicted molar refractivity (Wildman–Crippen MR) is 80.9 cm³/mol. The third-order valence-corrected chi connectivity index (χ3v) is 3.38. The fourth-order valence-corrected chi connectivity index (χ4v) is 2.32. The summed E-state index contributed by atoms with van der Waals surface area (Å²) in [5, 5.41) is 2.60. The largest absolute Gasteiger partial charge is 0.419 e. The van der Waals surface area contributed by atoms with Crippen molar-refractivity contribution in [2.24, 2.45) is 0 Å². The topological polar surface area (TPSA) is 87.9 Å². The molecule has 3 heterocycles. The molecule has 0 aliphatic heterocycles. The fraction of sp³-hybridized carbons (Fsp3) is 0.133. The number of anilines is 2. The molecule has 3 aromatic rings. The maximum Gasteiger partial charge on any atom is 0.419 e. The van der Waals surface area contributed by atoms with E-state index in [2.05, 4.69) is 15.3 Å². The molecule has 0 saturated heterocycles. The van der Waals surface area contributed by atoms with E-state index in [9.17, 15) is 18.0 Å². The second-order valence-electron chi connectivity index (χ2n) is 5.21. The second kappa shape index (κ2) is 5.52. The van der Waals surface area contributed by atoms with Gasteiger partial charge in [0.1, 0.15) is 12.0 Å². The number of nitrogens with two attached hydrogens (primary N) is 1. The molecular weight excluding hydrogens is 323 g/mol. The standard InChI is InChI=1S/C15H12F3N5O/c1-8(24)21-12-7-23-6-9(2-3-13(23)22-12)10-4-11(15(16,17)18)14(19)20-5-10/h2-7H,1H3,(H3,19,20,21,24)/p+1. The molecule has 0 bridgehead atoms. The zero-order valence-corrected chi connectivity index (χ0v) is 12.5. The van der Waals surface area contributed by atoms with E-state index in [1.54, 1.807) is 28.9 Å². The third kappa shape index (κ3) is 3.00. The molecule has 0 radical (unpaired) electrons. The summed E-state index contributed by atoms with van der Waals surface area (Å²) in [5.41, 5.74) is 5.82. The van der Waals surface area contributed by atoms with E-state index in [-0.39, 0.29) is 11.5 Å². The molecular formula is C15H13F3N5O+. The number of H-pyrrole nitrogens is 1. The normalized spacial score (nSPS) is 11.7. The van der Waals surface area contributed by atoms with Crippen LogP contribution in [0.4, 0.5) is 24.8 Å². The van der Waals surface area contributed by atoms with Crippen molar-refractivity contribution in [1.82, 2.24) is 9.97 Å². The first-order chi connectivity index (χ1) is 11.2. The van der Waals surface area contributed by atoms with Crippen LogP contribution in [0, 0.1) is 0 Å². The van der Waals surface area contributed by atoms with Gasteiger partial charge in [0.15, 0.2) is 6.20 Å². The number of carbonyl (C=O) groups excluding carboxylic acids is 1. The van der Waals surface area contributed by atoms with Crippen LogP contribution in [0.2, 0.25) is 0 Å². The lowest BCUT2D eigenvalue weighted by Crippen LogP contribution is -2.18. The minimum absolute atomic E-state index is 0.236. The summed E-state index contributed by atoms with van der Waals surface area (Å²) < 4.78 is 40.5. The number of aromatic nitrogens is 3. The van der Waals surface area contributed by atoms with E-state index >= 15 is 0 Å². The van der Waals surface area contributed by atoms with Crippen LogP contribution in [-0.4, -0.2) is 15.9 Å². The zero-order chi connectivity index (χ0) is 17.5. The van der Waals surface area contributed by atoms with Gasteiger partial charge in [-0.25, -0.2) is 9.97 Å². The monoisotopic (exact) mass is 336 g/mol. The lowest BCUT2D eigenvalue weighted by Gasteiger charge is -2.10. The maximum atomic E-state index is 13.0. The quantitative estimate of drug-likeness (QED) is 0.628. The Kier molecular flexibility index (Phi) is 3.63. The van der Waals surface area contributed by atoms with Crippen LogP contribution in [0.25, 0.3) is 16.8 Å². The summed E-state index contributed by atoms with van der Waals surface area (Å²) in [6.45, 7) is 1.38. The molecule has 0 saturated carbocycles. The second-order valence-corrected chi connectivity index (χ2v) is 5.21. The minimum atomic E-state index is -4.57. The van der Waals surface area contributed by atoms with Gasteiger partial charge in [0, 0.05) is 30.3 Å². The van der Waals surface area contributed by atoms with Crippen molar-refractivity contribution in [3.8, 4) is 11.1 Å². The number of rotatable bonds is 2. The van der Waals surface area contributed by atoms with Gasteiger partial charge in [-0.05, 0) is 12.1 Å². The Morgan fingerprint density at radius 2 is 2.04 bits per heavy atom. The SMILES string of the molecule is CC(=O)Nc1c[n+]2cc(-c3cnc(N)c(C(F)(F)F)c3)ccc2[nH]1. The molecule has 0 aromatic carbocycles. The Bertz CT molecular complexity index is 932. The highest BCUT2D eigenvalue weighted by Crippen LogP contribution is 2.34. The highest BCUT2D eigenvalue weighted by atomic mass is 19.4. The van der Waals surface area contributed by atoms with Crippen LogP contribution in [-0.2, 0) is 11.0 Å². The molecule has 0 unspecified atom stereocenters. The summed E-state index contributed by atoms with van der Waals surface area (Å²) in [5.74, 6) is -0.319. The van der Waals surface area contributed by atoms with E-state index in [0.717, 1.165) is 6.07 Å². The van der Waals surface area contributed by atoms with E-state index in [4.69, 9.17) is 5.73 Å². The Balaban J connectivity index is 2.05. The number of carbonyl (C=O) groups is 1. The van der Waals surface area contributed by atoms with E-state index < -0.39 is 17.6 Å². The van der Waals surface area contributed by atoms with E-state index in [1.807, 2.05) is 0 Å². The number of nitrogen functional groups attached to an aromatic ring is 1. The molecule has 24 heavy (non-hydrogen) atoms. The molecule has 0 fully saturated rings. The van der Waals surface area contributed by atoms with Gasteiger partial charge in [-0.15, -0.1) is 0 Å². The number of fused-ring (bicyclic) bond motifs is 1. The van der Waals surface area contributed by atoms with Gasteiger partial charge in [-0.1, -0.05) is 0 Å². The smallest absolute Gasteiger partial charge is 0.383 e. The van der Waals surface area contributed by atoms with E-state index in [0.29, 0.717) is 17.0 Å². The van der Waals surface area contributed by atoms with Gasteiger partial charge in [-0.3, -0.25) is 10.1 Å². The summed E-state index contributed by atoms with van der Waals surface area (Å²) in [6, 6.07) is 4.30. The number of imidazole rings is 1. The summed E-state index contributed by atoms with van der Waals surface area (Å²) >= 11 is 0. The van der Waals surface area contributed by atoms with Crippen molar-refractivity contribution >= 4 is 23.2 Å². The summed E-state index contributed by atoms with van der Waals surface area (Å²) in [6.07, 6.45) is -0.0369. The lowest BCUT2D eigenvalue weighted by atomic mass is 10.1. The molecule has 3 aromatic heterocycles. The van der Waals surface area contributed by atoms with Crippen LogP contribution >= 0.6 is 0 Å². The van der Waals surface area contributed by atoms with Gasteiger partial charge in [-0.2, -0.15) is 17.6 Å². The molecule has 1 amide bonds. The number of pyridine rings is 2. The average Bonchev–Trinajstić information content (AvgIpc) is 2.86. The van der Waals surface area contributed by atoms with E-state index in [1.165, 1.54) is 13.1 Å². The van der Waals surface area contributed by atoms with Crippen molar-refractivity contribution in [3.63, 3.8) is 0 Å². The number of nitrogens with zero attached hydrogens (tertiary/aromatic N) is 2. The Hall–Kier alpha value is -3.10. The zero-order valence-electron chi connectivity index (χ0n) is 12.5. The van der Waals surface area contributed by atoms with Gasteiger partial charge >= 0.3 is 6.18 Å². The predicted octanol–water partition coefficient (Wildman–Crippen LogP) is 2.37. The molecule has 6 nitrogen and oxygen atoms in total. The highest BCUT2D eigenvalue weighted by molar-refractivity contribution is 5.87. The number of alkyl halides is 3. The van der Waals surface area contributed by atoms with Crippen molar-refractivity contribution in [1.29, 1.82) is 0 Å². The Labute approximate surface area is 134 Å². The first-order valence-electron chi connectivity index (χ1n) is 6.89. The molecule has 0 spiro atoms. The molecule has 9 heteroatoms. The summed E-state index contributed by atoms with van der Waals surface area (Å²) in [7, 11) is 0. The molecule has 0 aliphatic carbocycles. The number of aromatic amines is 1. The van der Waals surface area contributed by atoms with Crippen LogP contribution < -0.4 is 15.5 Å². The van der Waals surface area contributed by atoms with Crippen molar-refractivity contribution in [2.45, 2.75) is 13.1 Å². The van der Waals surface area contributed by atoms with Crippen LogP contribution in [0.15, 0.2) is 36.8 Å². The lowest BCUT2D eigenvalue weighted by molar-refractivity contribution is -0.508. The number of nitrogens with one attached hydrogen (secondary N) is 2. The van der Waals surface area contributed by atoms with Crippen molar-refractivity contribution < 1.29 is 22.4 Å². The maximum absolute atomic E-state index is 13.0. The molecule has 0 atom stereocenters. The van der Waals surface area contributed by atoms with Gasteiger partial charge in [0.2, 0.25) is 11.7 Å². The van der Waals surface area contributed by atoms with Crippen LogP contribution in [0.5, 0.6) is 0 Å². The summed E-state index contributed by atoms with van der Waals surface area (Å²) in [4.78, 5) is 17.7. The number of hydrogen-bond acceptors (Lipinski definition) is 3. The fourth-order valence-electron chi connectivity index (χ4n) is 2.32. The molecule has 0 aliphatic rings. The first-order valence-corrected chi connectivity index (χ1v) is 6.89. The Morgan fingerprint density at radius 3 is 2.71 bits per heavy atom. The average molecular weight is 336 g/mol. The van der Waals surface area contributed by atoms with Crippen LogP contribution in [0.3, 0.4) is 0 Å². The molecule has 124 valence electrons. The van der Waals surface area contributed by atoms with Gasteiger partial charge in [0.05, 0.1) is 5.56 Å². The van der Waals surface area contributed by atoms with Gasteiger partial charge < -0.3 is 5.73 Å². The Morgan fingerprint density at radius 1 is 1.29 bits per heavy atom. The third-order valence-electron chi connectivity index (χ3n) is 3.38. The minimum Gasteiger partial charge on any atom is -0.383 e. The van der Waals surface area contributed by atoms with Crippen molar-refractivity contribution in [3.05, 3.63) is 42.4 Å². The highest BCUT2D eigenvalue weighted by Gasteiger charge is 2.34. The first kappa shape index (κ1) is 15.8.